The van der Waals surface area contributed by atoms with Crippen molar-refractivity contribution in [1.29, 1.82) is 0 Å². The third-order valence-corrected chi connectivity index (χ3v) is 3.48. The number of halogens is 2. The Labute approximate surface area is 125 Å². The highest BCUT2D eigenvalue weighted by Gasteiger charge is 2.34. The number of urea groups is 1. The minimum atomic E-state index is -0.487. The number of nitrogens with zero attached hydrogens (tertiary/aromatic N) is 2. The summed E-state index contributed by atoms with van der Waals surface area (Å²) in [6, 6.07) is 4.12. The van der Waals surface area contributed by atoms with E-state index in [9.17, 15) is 14.4 Å². The highest BCUT2D eigenvalue weighted by atomic mass is 35.5. The predicted octanol–water partition coefficient (Wildman–Crippen LogP) is 1.83. The summed E-state index contributed by atoms with van der Waals surface area (Å²) >= 11 is 11.6. The fourth-order valence-electron chi connectivity index (χ4n) is 1.74. The SMILES string of the molecule is CN1CC(=O)N(CC(=O)Nc2ccc(Cl)c(Cl)c2)C1=O. The molecule has 4 amide bonds. The molecule has 0 saturated carbocycles. The number of carbonyl (C=O) groups is 3. The zero-order valence-corrected chi connectivity index (χ0v) is 12.0. The fraction of sp³-hybridized carbons (Fsp3) is 0.250. The topological polar surface area (TPSA) is 69.7 Å². The Kier molecular flexibility index (Phi) is 4.15. The molecule has 0 aliphatic carbocycles. The van der Waals surface area contributed by atoms with Gasteiger partial charge in [-0.05, 0) is 18.2 Å². The highest BCUT2D eigenvalue weighted by molar-refractivity contribution is 6.42. The zero-order valence-electron chi connectivity index (χ0n) is 10.5. The maximum atomic E-state index is 11.8. The monoisotopic (exact) mass is 315 g/mol. The Morgan fingerprint density at radius 3 is 2.55 bits per heavy atom. The predicted molar refractivity (Wildman–Crippen MR) is 74.8 cm³/mol. The summed E-state index contributed by atoms with van der Waals surface area (Å²) in [6.07, 6.45) is 0. The molecule has 6 nitrogen and oxygen atoms in total. The molecule has 2 rings (SSSR count). The number of benzene rings is 1. The first-order valence-electron chi connectivity index (χ1n) is 5.69. The molecule has 8 heteroatoms. The lowest BCUT2D eigenvalue weighted by atomic mass is 10.3. The van der Waals surface area contributed by atoms with Crippen LogP contribution in [0.15, 0.2) is 18.2 Å². The van der Waals surface area contributed by atoms with Gasteiger partial charge in [0.1, 0.15) is 13.1 Å². The minimum absolute atomic E-state index is 0.0150. The fourth-order valence-corrected chi connectivity index (χ4v) is 2.04. The molecule has 1 aliphatic heterocycles. The number of hydrogen-bond donors (Lipinski definition) is 1. The molecule has 1 heterocycles. The van der Waals surface area contributed by atoms with Crippen molar-refractivity contribution in [2.24, 2.45) is 0 Å². The Balaban J connectivity index is 2.00. The standard InChI is InChI=1S/C12H11Cl2N3O3/c1-16-6-11(19)17(12(16)20)5-10(18)15-7-2-3-8(13)9(14)4-7/h2-4H,5-6H2,1H3,(H,15,18). The van der Waals surface area contributed by atoms with Gasteiger partial charge in [-0.15, -0.1) is 0 Å². The van der Waals surface area contributed by atoms with Gasteiger partial charge < -0.3 is 10.2 Å². The van der Waals surface area contributed by atoms with Gasteiger partial charge in [-0.3, -0.25) is 14.5 Å². The van der Waals surface area contributed by atoms with E-state index in [4.69, 9.17) is 23.2 Å². The van der Waals surface area contributed by atoms with E-state index in [0.29, 0.717) is 15.7 Å². The molecule has 1 aromatic carbocycles. The molecule has 0 aromatic heterocycles. The molecule has 0 spiro atoms. The van der Waals surface area contributed by atoms with Gasteiger partial charge in [0.25, 0.3) is 5.91 Å². The van der Waals surface area contributed by atoms with Gasteiger partial charge >= 0.3 is 6.03 Å². The first kappa shape index (κ1) is 14.6. The summed E-state index contributed by atoms with van der Waals surface area (Å²) < 4.78 is 0. The second-order valence-corrected chi connectivity index (χ2v) is 5.11. The average molecular weight is 316 g/mol. The third-order valence-electron chi connectivity index (χ3n) is 2.74. The lowest BCUT2D eigenvalue weighted by molar-refractivity contribution is -0.129. The number of anilines is 1. The van der Waals surface area contributed by atoms with E-state index in [-0.39, 0.29) is 13.1 Å². The van der Waals surface area contributed by atoms with E-state index in [0.717, 1.165) is 4.90 Å². The molecule has 20 heavy (non-hydrogen) atoms. The van der Waals surface area contributed by atoms with Crippen LogP contribution in [0.2, 0.25) is 10.0 Å². The van der Waals surface area contributed by atoms with E-state index in [1.54, 1.807) is 12.1 Å². The first-order chi connectivity index (χ1) is 9.38. The van der Waals surface area contributed by atoms with Gasteiger partial charge in [-0.25, -0.2) is 4.79 Å². The van der Waals surface area contributed by atoms with Crippen molar-refractivity contribution in [1.82, 2.24) is 9.80 Å². The lowest BCUT2D eigenvalue weighted by Gasteiger charge is -2.14. The molecule has 1 N–H and O–H groups in total. The molecule has 0 radical (unpaired) electrons. The van der Waals surface area contributed by atoms with Crippen LogP contribution >= 0.6 is 23.2 Å². The number of nitrogens with one attached hydrogen (secondary N) is 1. The van der Waals surface area contributed by atoms with Crippen LogP contribution in [0.3, 0.4) is 0 Å². The van der Waals surface area contributed by atoms with Crippen LogP contribution in [0.4, 0.5) is 10.5 Å². The van der Waals surface area contributed by atoms with Gasteiger partial charge in [0, 0.05) is 12.7 Å². The van der Waals surface area contributed by atoms with Crippen LogP contribution in [0.5, 0.6) is 0 Å². The smallest absolute Gasteiger partial charge is 0.324 e. The van der Waals surface area contributed by atoms with E-state index in [1.807, 2.05) is 0 Å². The Morgan fingerprint density at radius 1 is 1.30 bits per heavy atom. The van der Waals surface area contributed by atoms with Crippen molar-refractivity contribution < 1.29 is 14.4 Å². The van der Waals surface area contributed by atoms with Crippen LogP contribution in [0, 0.1) is 0 Å². The normalized spacial score (nSPS) is 14.9. The van der Waals surface area contributed by atoms with Crippen molar-refractivity contribution in [3.05, 3.63) is 28.2 Å². The van der Waals surface area contributed by atoms with Crippen molar-refractivity contribution in [3.63, 3.8) is 0 Å². The van der Waals surface area contributed by atoms with Crippen LogP contribution in [0.1, 0.15) is 0 Å². The molecule has 0 unspecified atom stereocenters. The number of amides is 4. The van der Waals surface area contributed by atoms with Crippen LogP contribution in [0.25, 0.3) is 0 Å². The number of likely N-dealkylation sites (N-methyl/N-ethyl adjacent to an activating group) is 1. The van der Waals surface area contributed by atoms with Gasteiger partial charge in [-0.2, -0.15) is 0 Å². The zero-order chi connectivity index (χ0) is 14.9. The Morgan fingerprint density at radius 2 is 2.00 bits per heavy atom. The summed E-state index contributed by atoms with van der Waals surface area (Å²) in [5.74, 6) is -0.887. The number of hydrogen-bond acceptors (Lipinski definition) is 3. The lowest BCUT2D eigenvalue weighted by Crippen LogP contribution is -2.38. The molecule has 0 atom stereocenters. The van der Waals surface area contributed by atoms with Gasteiger partial charge in [0.15, 0.2) is 0 Å². The second kappa shape index (κ2) is 5.68. The quantitative estimate of drug-likeness (QED) is 0.865. The molecule has 1 aromatic rings. The summed E-state index contributed by atoms with van der Waals surface area (Å²) in [4.78, 5) is 37.1. The first-order valence-corrected chi connectivity index (χ1v) is 6.44. The van der Waals surface area contributed by atoms with Gasteiger partial charge in [-0.1, -0.05) is 23.2 Å². The average Bonchev–Trinajstić information content (AvgIpc) is 2.61. The molecule has 1 aliphatic rings. The summed E-state index contributed by atoms with van der Waals surface area (Å²) in [7, 11) is 1.50. The number of rotatable bonds is 3. The molecule has 0 bridgehead atoms. The maximum absolute atomic E-state index is 11.8. The number of carbonyl (C=O) groups excluding carboxylic acids is 3. The van der Waals surface area contributed by atoms with Gasteiger partial charge in [0.2, 0.25) is 5.91 Å². The number of imide groups is 1. The molecular formula is C12H11Cl2N3O3. The van der Waals surface area contributed by atoms with E-state index < -0.39 is 17.8 Å². The van der Waals surface area contributed by atoms with E-state index in [1.165, 1.54) is 18.0 Å². The minimum Gasteiger partial charge on any atom is -0.324 e. The van der Waals surface area contributed by atoms with Crippen LogP contribution in [-0.4, -0.2) is 47.8 Å². The highest BCUT2D eigenvalue weighted by Crippen LogP contribution is 2.25. The van der Waals surface area contributed by atoms with Crippen LogP contribution in [-0.2, 0) is 9.59 Å². The Bertz CT molecular complexity index is 591. The second-order valence-electron chi connectivity index (χ2n) is 4.30. The third kappa shape index (κ3) is 3.02. The summed E-state index contributed by atoms with van der Waals surface area (Å²) in [6.45, 7) is -0.346. The largest absolute Gasteiger partial charge is 0.327 e. The van der Waals surface area contributed by atoms with Crippen molar-refractivity contribution >= 4 is 46.7 Å². The molecule has 106 valence electrons. The van der Waals surface area contributed by atoms with Crippen molar-refractivity contribution in [3.8, 4) is 0 Å². The summed E-state index contributed by atoms with van der Waals surface area (Å²) in [5.41, 5.74) is 0.442. The molecular weight excluding hydrogens is 305 g/mol. The molecule has 1 saturated heterocycles. The van der Waals surface area contributed by atoms with E-state index in [2.05, 4.69) is 5.32 Å². The van der Waals surface area contributed by atoms with Crippen molar-refractivity contribution in [2.45, 2.75) is 0 Å². The molecule has 1 fully saturated rings. The maximum Gasteiger partial charge on any atom is 0.327 e. The summed E-state index contributed by atoms with van der Waals surface area (Å²) in [5, 5.41) is 3.22. The Hall–Kier alpha value is -1.79. The van der Waals surface area contributed by atoms with Crippen molar-refractivity contribution in [2.75, 3.05) is 25.5 Å². The van der Waals surface area contributed by atoms with Crippen LogP contribution < -0.4 is 5.32 Å². The van der Waals surface area contributed by atoms with Gasteiger partial charge in [0.05, 0.1) is 10.0 Å². The van der Waals surface area contributed by atoms with E-state index >= 15 is 0 Å².